The fraction of sp³-hybridized carbons (Fsp3) is 0.917. The molecule has 0 bridgehead atoms. The smallest absolute Gasteiger partial charge is 0.191 e. The maximum absolute atomic E-state index is 11.0. The SMILES string of the molecule is CCNC(=NCCCOCCOC)NCCS(C)(=O)=O. The molecule has 0 saturated carbocycles. The van der Waals surface area contributed by atoms with Crippen molar-refractivity contribution in [3.63, 3.8) is 0 Å². The number of aliphatic imine (C=N–C) groups is 1. The molecule has 0 heterocycles. The first-order chi connectivity index (χ1) is 9.49. The van der Waals surface area contributed by atoms with E-state index in [1.165, 1.54) is 6.26 Å². The van der Waals surface area contributed by atoms with Gasteiger partial charge in [-0.25, -0.2) is 8.42 Å². The van der Waals surface area contributed by atoms with Crippen LogP contribution in [0.5, 0.6) is 0 Å². The number of ether oxygens (including phenoxy) is 2. The highest BCUT2D eigenvalue weighted by Crippen LogP contribution is 1.86. The van der Waals surface area contributed by atoms with Gasteiger partial charge in [0.2, 0.25) is 0 Å². The molecule has 2 N–H and O–H groups in total. The van der Waals surface area contributed by atoms with Crippen LogP contribution in [0.1, 0.15) is 13.3 Å². The van der Waals surface area contributed by atoms with Crippen molar-refractivity contribution in [3.8, 4) is 0 Å². The number of hydrogen-bond acceptors (Lipinski definition) is 5. The van der Waals surface area contributed by atoms with Crippen molar-refractivity contribution in [1.82, 2.24) is 10.6 Å². The summed E-state index contributed by atoms with van der Waals surface area (Å²) in [5.74, 6) is 0.727. The van der Waals surface area contributed by atoms with Crippen LogP contribution in [0.2, 0.25) is 0 Å². The predicted octanol–water partition coefficient (Wildman–Crippen LogP) is -0.361. The first-order valence-corrected chi connectivity index (χ1v) is 8.82. The van der Waals surface area contributed by atoms with Gasteiger partial charge in [0.15, 0.2) is 5.96 Å². The van der Waals surface area contributed by atoms with Gasteiger partial charge in [-0.15, -0.1) is 0 Å². The number of nitrogens with one attached hydrogen (secondary N) is 2. The van der Waals surface area contributed by atoms with E-state index in [1.807, 2.05) is 6.92 Å². The first-order valence-electron chi connectivity index (χ1n) is 6.76. The second kappa shape index (κ2) is 11.9. The van der Waals surface area contributed by atoms with Crippen molar-refractivity contribution in [3.05, 3.63) is 0 Å². The summed E-state index contributed by atoms with van der Waals surface area (Å²) in [5.41, 5.74) is 0. The van der Waals surface area contributed by atoms with Crippen molar-refractivity contribution < 1.29 is 17.9 Å². The molecular formula is C12H27N3O4S. The summed E-state index contributed by atoms with van der Waals surface area (Å²) < 4.78 is 32.3. The Morgan fingerprint density at radius 1 is 1.20 bits per heavy atom. The molecular weight excluding hydrogens is 282 g/mol. The van der Waals surface area contributed by atoms with E-state index in [2.05, 4.69) is 15.6 Å². The maximum atomic E-state index is 11.0. The lowest BCUT2D eigenvalue weighted by molar-refractivity contribution is 0.0702. The summed E-state index contributed by atoms with van der Waals surface area (Å²) in [4.78, 5) is 4.34. The zero-order valence-corrected chi connectivity index (χ0v) is 13.5. The van der Waals surface area contributed by atoms with Crippen molar-refractivity contribution in [1.29, 1.82) is 0 Å². The Bertz CT molecular complexity index is 358. The Morgan fingerprint density at radius 3 is 2.55 bits per heavy atom. The number of guanidine groups is 1. The molecule has 120 valence electrons. The fourth-order valence-electron chi connectivity index (χ4n) is 1.30. The Labute approximate surface area is 122 Å². The second-order valence-electron chi connectivity index (χ2n) is 4.28. The van der Waals surface area contributed by atoms with E-state index in [4.69, 9.17) is 9.47 Å². The molecule has 0 aromatic heterocycles. The van der Waals surface area contributed by atoms with Crippen LogP contribution >= 0.6 is 0 Å². The average Bonchev–Trinajstić information content (AvgIpc) is 2.36. The third kappa shape index (κ3) is 13.6. The standard InChI is InChI=1S/C12H27N3O4S/c1-4-13-12(15-7-11-20(3,16)17)14-6-5-8-19-10-9-18-2/h4-11H2,1-3H3,(H2,13,14,15). The number of hydrogen-bond donors (Lipinski definition) is 2. The van der Waals surface area contributed by atoms with Crippen molar-refractivity contribution in [2.24, 2.45) is 4.99 Å². The largest absolute Gasteiger partial charge is 0.382 e. The molecule has 0 aliphatic rings. The number of rotatable bonds is 11. The minimum absolute atomic E-state index is 0.0948. The third-order valence-electron chi connectivity index (χ3n) is 2.26. The lowest BCUT2D eigenvalue weighted by Crippen LogP contribution is -2.39. The summed E-state index contributed by atoms with van der Waals surface area (Å²) in [7, 11) is -1.31. The zero-order chi connectivity index (χ0) is 15.3. The number of nitrogens with zero attached hydrogens (tertiary/aromatic N) is 1. The summed E-state index contributed by atoms with van der Waals surface area (Å²) in [6.45, 7) is 5.49. The van der Waals surface area contributed by atoms with Crippen molar-refractivity contribution in [2.75, 3.05) is 58.6 Å². The van der Waals surface area contributed by atoms with Gasteiger partial charge in [-0.1, -0.05) is 0 Å². The predicted molar refractivity (Wildman–Crippen MR) is 81.0 cm³/mol. The van der Waals surface area contributed by atoms with Crippen LogP contribution in [0, 0.1) is 0 Å². The minimum atomic E-state index is -2.95. The molecule has 20 heavy (non-hydrogen) atoms. The van der Waals surface area contributed by atoms with Crippen molar-refractivity contribution in [2.45, 2.75) is 13.3 Å². The van der Waals surface area contributed by atoms with E-state index in [0.29, 0.717) is 38.9 Å². The van der Waals surface area contributed by atoms with E-state index < -0.39 is 9.84 Å². The van der Waals surface area contributed by atoms with Crippen LogP contribution in [-0.4, -0.2) is 73.0 Å². The molecule has 0 aromatic carbocycles. The van der Waals surface area contributed by atoms with E-state index in [-0.39, 0.29) is 5.75 Å². The highest BCUT2D eigenvalue weighted by atomic mass is 32.2. The normalized spacial score (nSPS) is 12.4. The monoisotopic (exact) mass is 309 g/mol. The Hall–Kier alpha value is -0.860. The summed E-state index contributed by atoms with van der Waals surface area (Å²) >= 11 is 0. The molecule has 0 unspecified atom stereocenters. The average molecular weight is 309 g/mol. The fourth-order valence-corrected chi connectivity index (χ4v) is 1.77. The van der Waals surface area contributed by atoms with Gasteiger partial charge in [0.1, 0.15) is 9.84 Å². The highest BCUT2D eigenvalue weighted by Gasteiger charge is 2.02. The molecule has 8 heteroatoms. The summed E-state index contributed by atoms with van der Waals surface area (Å²) in [6.07, 6.45) is 2.03. The van der Waals surface area contributed by atoms with Crippen LogP contribution in [0.4, 0.5) is 0 Å². The van der Waals surface area contributed by atoms with Crippen LogP contribution < -0.4 is 10.6 Å². The summed E-state index contributed by atoms with van der Waals surface area (Å²) in [5, 5.41) is 6.05. The number of sulfone groups is 1. The molecule has 0 aliphatic heterocycles. The molecule has 0 aromatic rings. The van der Waals surface area contributed by atoms with E-state index in [0.717, 1.165) is 13.0 Å². The van der Waals surface area contributed by atoms with Gasteiger partial charge in [0.25, 0.3) is 0 Å². The van der Waals surface area contributed by atoms with Gasteiger partial charge in [0.05, 0.1) is 19.0 Å². The first kappa shape index (κ1) is 19.1. The Morgan fingerprint density at radius 2 is 1.95 bits per heavy atom. The van der Waals surface area contributed by atoms with Gasteiger partial charge < -0.3 is 20.1 Å². The van der Waals surface area contributed by atoms with Gasteiger partial charge in [-0.2, -0.15) is 0 Å². The minimum Gasteiger partial charge on any atom is -0.382 e. The van der Waals surface area contributed by atoms with Crippen molar-refractivity contribution >= 4 is 15.8 Å². The van der Waals surface area contributed by atoms with Crippen LogP contribution in [0.15, 0.2) is 4.99 Å². The maximum Gasteiger partial charge on any atom is 0.191 e. The molecule has 0 spiro atoms. The lowest BCUT2D eigenvalue weighted by Gasteiger charge is -2.10. The molecule has 0 amide bonds. The highest BCUT2D eigenvalue weighted by molar-refractivity contribution is 7.90. The molecule has 0 fully saturated rings. The van der Waals surface area contributed by atoms with Gasteiger partial charge in [-0.05, 0) is 13.3 Å². The molecule has 0 atom stereocenters. The Kier molecular flexibility index (Phi) is 11.4. The molecule has 0 aliphatic carbocycles. The quantitative estimate of drug-likeness (QED) is 0.308. The van der Waals surface area contributed by atoms with E-state index in [9.17, 15) is 8.42 Å². The number of methoxy groups -OCH3 is 1. The van der Waals surface area contributed by atoms with Crippen LogP contribution in [0.3, 0.4) is 0 Å². The third-order valence-corrected chi connectivity index (χ3v) is 3.20. The van der Waals surface area contributed by atoms with Crippen LogP contribution in [0.25, 0.3) is 0 Å². The molecule has 0 rings (SSSR count). The van der Waals surface area contributed by atoms with Gasteiger partial charge in [-0.3, -0.25) is 4.99 Å². The summed E-state index contributed by atoms with van der Waals surface area (Å²) in [6, 6.07) is 0. The zero-order valence-electron chi connectivity index (χ0n) is 12.6. The molecule has 0 saturated heterocycles. The molecule has 7 nitrogen and oxygen atoms in total. The van der Waals surface area contributed by atoms with E-state index >= 15 is 0 Å². The van der Waals surface area contributed by atoms with Gasteiger partial charge >= 0.3 is 0 Å². The van der Waals surface area contributed by atoms with E-state index in [1.54, 1.807) is 7.11 Å². The second-order valence-corrected chi connectivity index (χ2v) is 6.54. The van der Waals surface area contributed by atoms with Crippen LogP contribution in [-0.2, 0) is 19.3 Å². The Balaban J connectivity index is 3.83. The topological polar surface area (TPSA) is 89.0 Å². The molecule has 0 radical (unpaired) electrons. The lowest BCUT2D eigenvalue weighted by atomic mass is 10.4. The van der Waals surface area contributed by atoms with Gasteiger partial charge in [0, 0.05) is 39.6 Å².